The van der Waals surface area contributed by atoms with E-state index in [0.717, 1.165) is 25.7 Å². The Bertz CT molecular complexity index is 682. The highest BCUT2D eigenvalue weighted by molar-refractivity contribution is 5.59. The lowest BCUT2D eigenvalue weighted by Crippen LogP contribution is -2.39. The molecule has 8 nitrogen and oxygen atoms in total. The minimum Gasteiger partial charge on any atom is -0.459 e. The second kappa shape index (κ2) is 6.29. The Morgan fingerprint density at radius 1 is 1.48 bits per heavy atom. The maximum atomic E-state index is 10.5. The number of aromatic nitrogens is 4. The first-order valence-electron chi connectivity index (χ1n) is 8.11. The summed E-state index contributed by atoms with van der Waals surface area (Å²) in [6.07, 6.45) is 4.43. The van der Waals surface area contributed by atoms with E-state index in [1.54, 1.807) is 6.20 Å². The quantitative estimate of drug-likeness (QED) is 0.726. The molecule has 2 aromatic rings. The normalized spacial score (nSPS) is 23.5. The molecular weight excluding hydrogens is 296 g/mol. The molecule has 1 saturated carbocycles. The fourth-order valence-electron chi connectivity index (χ4n) is 3.00. The molecule has 1 unspecified atom stereocenters. The van der Waals surface area contributed by atoms with E-state index < -0.39 is 6.10 Å². The van der Waals surface area contributed by atoms with Crippen molar-refractivity contribution in [3.8, 4) is 6.01 Å². The third-order valence-corrected chi connectivity index (χ3v) is 4.36. The molecule has 2 heterocycles. The zero-order chi connectivity index (χ0) is 16.6. The monoisotopic (exact) mass is 320 g/mol. The van der Waals surface area contributed by atoms with Crippen LogP contribution in [0.25, 0.3) is 5.65 Å². The van der Waals surface area contributed by atoms with Gasteiger partial charge in [-0.2, -0.15) is 4.98 Å². The van der Waals surface area contributed by atoms with Crippen molar-refractivity contribution in [2.75, 3.05) is 5.73 Å². The summed E-state index contributed by atoms with van der Waals surface area (Å²) in [5, 5.41) is 14.9. The van der Waals surface area contributed by atoms with E-state index in [-0.39, 0.29) is 29.9 Å². The fourth-order valence-corrected chi connectivity index (χ4v) is 3.00. The van der Waals surface area contributed by atoms with Gasteiger partial charge in [-0.25, -0.2) is 9.50 Å². The van der Waals surface area contributed by atoms with E-state index in [9.17, 15) is 5.11 Å². The Morgan fingerprint density at radius 2 is 2.22 bits per heavy atom. The van der Waals surface area contributed by atoms with Crippen LogP contribution in [0.3, 0.4) is 0 Å². The number of nitrogens with two attached hydrogens (primary N) is 2. The van der Waals surface area contributed by atoms with Crippen molar-refractivity contribution < 1.29 is 9.84 Å². The first-order chi connectivity index (χ1) is 11.0. The summed E-state index contributed by atoms with van der Waals surface area (Å²) in [6.45, 7) is 4.05. The number of hydrogen-bond donors (Lipinski definition) is 3. The molecule has 23 heavy (non-hydrogen) atoms. The number of nitrogen functional groups attached to an aromatic ring is 1. The number of aliphatic hydroxyl groups is 1. The predicted molar refractivity (Wildman–Crippen MR) is 85.9 cm³/mol. The molecule has 5 N–H and O–H groups in total. The van der Waals surface area contributed by atoms with Gasteiger partial charge in [0, 0.05) is 6.04 Å². The van der Waals surface area contributed by atoms with Gasteiger partial charge in [-0.1, -0.05) is 13.3 Å². The van der Waals surface area contributed by atoms with Crippen LogP contribution in [0.2, 0.25) is 0 Å². The predicted octanol–water partition coefficient (Wildman–Crippen LogP) is 1.04. The van der Waals surface area contributed by atoms with Crippen LogP contribution in [0, 0.1) is 5.92 Å². The summed E-state index contributed by atoms with van der Waals surface area (Å²) in [7, 11) is 0. The molecule has 0 aliphatic heterocycles. The van der Waals surface area contributed by atoms with E-state index in [2.05, 4.69) is 22.0 Å². The van der Waals surface area contributed by atoms with Crippen molar-refractivity contribution in [2.24, 2.45) is 11.7 Å². The summed E-state index contributed by atoms with van der Waals surface area (Å²) >= 11 is 0. The van der Waals surface area contributed by atoms with Crippen molar-refractivity contribution in [1.29, 1.82) is 0 Å². The van der Waals surface area contributed by atoms with Gasteiger partial charge in [-0.15, -0.1) is 5.10 Å². The van der Waals surface area contributed by atoms with Crippen LogP contribution >= 0.6 is 0 Å². The number of ether oxygens (including phenoxy) is 1. The molecule has 0 saturated heterocycles. The topological polar surface area (TPSA) is 125 Å². The molecule has 0 aromatic carbocycles. The number of fused-ring (bicyclic) bond motifs is 1. The smallest absolute Gasteiger partial charge is 0.336 e. The van der Waals surface area contributed by atoms with E-state index in [1.807, 2.05) is 6.92 Å². The maximum absolute atomic E-state index is 10.5. The Kier molecular flexibility index (Phi) is 4.36. The summed E-state index contributed by atoms with van der Waals surface area (Å²) in [4.78, 5) is 8.37. The molecule has 8 heteroatoms. The second-order valence-corrected chi connectivity index (χ2v) is 6.35. The number of nitrogens with zero attached hydrogens (tertiary/aromatic N) is 4. The van der Waals surface area contributed by atoms with Gasteiger partial charge in [-0.05, 0) is 32.1 Å². The van der Waals surface area contributed by atoms with Crippen LogP contribution in [-0.4, -0.2) is 36.8 Å². The van der Waals surface area contributed by atoms with Gasteiger partial charge in [-0.3, -0.25) is 0 Å². The molecule has 0 radical (unpaired) electrons. The highest BCUT2D eigenvalue weighted by atomic mass is 16.5. The van der Waals surface area contributed by atoms with Crippen molar-refractivity contribution in [3.05, 3.63) is 11.9 Å². The highest BCUT2D eigenvalue weighted by Gasteiger charge is 2.34. The molecule has 0 spiro atoms. The lowest BCUT2D eigenvalue weighted by atomic mass is 9.76. The molecule has 1 fully saturated rings. The minimum atomic E-state index is -0.667. The maximum Gasteiger partial charge on any atom is 0.336 e. The number of anilines is 1. The largest absolute Gasteiger partial charge is 0.459 e. The van der Waals surface area contributed by atoms with Crippen molar-refractivity contribution in [3.63, 3.8) is 0 Å². The lowest BCUT2D eigenvalue weighted by Gasteiger charge is -2.35. The van der Waals surface area contributed by atoms with Crippen LogP contribution < -0.4 is 16.2 Å². The standard InChI is InChI=1S/C15H24N6O2/c1-3-4-8(2)23-15-19-13(17)14-18-7-11(21(14)20-15)12(22)9-5-10(16)6-9/h7-10,12,22H,3-6,16H2,1-2H3,(H2,17,19,20)/t8-,9?,10?,12?/m0/s1. The van der Waals surface area contributed by atoms with Gasteiger partial charge in [0.05, 0.1) is 18.0 Å². The van der Waals surface area contributed by atoms with E-state index in [4.69, 9.17) is 16.2 Å². The van der Waals surface area contributed by atoms with Crippen LogP contribution in [0.15, 0.2) is 6.20 Å². The second-order valence-electron chi connectivity index (χ2n) is 6.35. The summed E-state index contributed by atoms with van der Waals surface area (Å²) in [5.74, 6) is 0.368. The molecule has 1 aliphatic rings. The van der Waals surface area contributed by atoms with Crippen LogP contribution in [-0.2, 0) is 0 Å². The van der Waals surface area contributed by atoms with Gasteiger partial charge in [0.2, 0.25) is 0 Å². The number of hydrogen-bond acceptors (Lipinski definition) is 7. The van der Waals surface area contributed by atoms with Gasteiger partial charge >= 0.3 is 6.01 Å². The van der Waals surface area contributed by atoms with Crippen molar-refractivity contribution in [1.82, 2.24) is 19.6 Å². The average Bonchev–Trinajstić information content (AvgIpc) is 2.88. The highest BCUT2D eigenvalue weighted by Crippen LogP contribution is 2.37. The Labute approximate surface area is 134 Å². The Hall–Kier alpha value is -1.93. The average molecular weight is 320 g/mol. The molecule has 2 aromatic heterocycles. The van der Waals surface area contributed by atoms with Crippen LogP contribution in [0.5, 0.6) is 6.01 Å². The van der Waals surface area contributed by atoms with E-state index in [1.165, 1.54) is 4.52 Å². The van der Waals surface area contributed by atoms with E-state index >= 15 is 0 Å². The first-order valence-corrected chi connectivity index (χ1v) is 8.11. The number of aliphatic hydroxyl groups excluding tert-OH is 1. The Balaban J connectivity index is 1.89. The molecular formula is C15H24N6O2. The lowest BCUT2D eigenvalue weighted by molar-refractivity contribution is 0.0457. The number of rotatable bonds is 6. The summed E-state index contributed by atoms with van der Waals surface area (Å²) in [5.41, 5.74) is 12.8. The SMILES string of the molecule is CCC[C@H](C)Oc1nc(N)c2ncc(C(O)C3CC(N)C3)n2n1. The fraction of sp³-hybridized carbons (Fsp3) is 0.667. The molecule has 0 bridgehead atoms. The molecule has 126 valence electrons. The van der Waals surface area contributed by atoms with Gasteiger partial charge in [0.25, 0.3) is 0 Å². The van der Waals surface area contributed by atoms with Crippen LogP contribution in [0.4, 0.5) is 5.82 Å². The van der Waals surface area contributed by atoms with Crippen LogP contribution in [0.1, 0.15) is 51.3 Å². The van der Waals surface area contributed by atoms with Crippen molar-refractivity contribution in [2.45, 2.75) is 57.8 Å². The number of imidazole rings is 1. The third kappa shape index (κ3) is 3.09. The molecule has 2 atom stereocenters. The zero-order valence-corrected chi connectivity index (χ0v) is 13.5. The van der Waals surface area contributed by atoms with Gasteiger partial charge in [0.15, 0.2) is 11.5 Å². The zero-order valence-electron chi connectivity index (χ0n) is 13.5. The van der Waals surface area contributed by atoms with Gasteiger partial charge < -0.3 is 21.3 Å². The molecule has 3 rings (SSSR count). The molecule has 1 aliphatic carbocycles. The minimum absolute atomic E-state index is 0.00150. The Morgan fingerprint density at radius 3 is 2.87 bits per heavy atom. The molecule has 0 amide bonds. The summed E-state index contributed by atoms with van der Waals surface area (Å²) in [6, 6.07) is 0.370. The van der Waals surface area contributed by atoms with Gasteiger partial charge in [0.1, 0.15) is 6.10 Å². The third-order valence-electron chi connectivity index (χ3n) is 4.36. The van der Waals surface area contributed by atoms with E-state index in [0.29, 0.717) is 11.3 Å². The summed E-state index contributed by atoms with van der Waals surface area (Å²) < 4.78 is 7.25. The first kappa shape index (κ1) is 15.9. The van der Waals surface area contributed by atoms with Crippen molar-refractivity contribution >= 4 is 11.5 Å².